The Kier molecular flexibility index (Phi) is 4.68. The molecule has 3 rings (SSSR count). The number of rotatable bonds is 5. The van der Waals surface area contributed by atoms with Gasteiger partial charge >= 0.3 is 6.03 Å². The molecule has 0 aliphatic carbocycles. The SMILES string of the molecule is C[C@H](Cn1cncn1)NC(=O)Nc1cccc(-c2cccs2)c1. The molecule has 0 radical (unpaired) electrons. The second-order valence-electron chi connectivity index (χ2n) is 5.18. The summed E-state index contributed by atoms with van der Waals surface area (Å²) in [5, 5.41) is 11.8. The Bertz CT molecular complexity index is 755. The normalized spacial score (nSPS) is 11.9. The van der Waals surface area contributed by atoms with Gasteiger partial charge in [0, 0.05) is 16.6 Å². The van der Waals surface area contributed by atoms with Crippen LogP contribution in [0, 0.1) is 0 Å². The lowest BCUT2D eigenvalue weighted by molar-refractivity contribution is 0.247. The molecule has 1 atom stereocenters. The summed E-state index contributed by atoms with van der Waals surface area (Å²) in [4.78, 5) is 17.1. The average molecular weight is 327 g/mol. The van der Waals surface area contributed by atoms with Crippen molar-refractivity contribution in [3.8, 4) is 10.4 Å². The smallest absolute Gasteiger partial charge is 0.319 e. The van der Waals surface area contributed by atoms with Gasteiger partial charge in [-0.05, 0) is 36.1 Å². The maximum Gasteiger partial charge on any atom is 0.319 e. The van der Waals surface area contributed by atoms with Gasteiger partial charge in [0.05, 0.1) is 6.54 Å². The van der Waals surface area contributed by atoms with E-state index in [1.54, 1.807) is 22.3 Å². The third-order valence-corrected chi connectivity index (χ3v) is 4.15. The van der Waals surface area contributed by atoms with Crippen LogP contribution in [0.5, 0.6) is 0 Å². The summed E-state index contributed by atoms with van der Waals surface area (Å²) in [6, 6.07) is 11.6. The zero-order valence-corrected chi connectivity index (χ0v) is 13.5. The van der Waals surface area contributed by atoms with E-state index in [0.717, 1.165) is 11.3 Å². The lowest BCUT2D eigenvalue weighted by Gasteiger charge is -2.14. The van der Waals surface area contributed by atoms with E-state index in [9.17, 15) is 4.79 Å². The van der Waals surface area contributed by atoms with E-state index in [2.05, 4.69) is 26.8 Å². The monoisotopic (exact) mass is 327 g/mol. The Balaban J connectivity index is 1.58. The number of carbonyl (C=O) groups is 1. The Morgan fingerprint density at radius 2 is 2.26 bits per heavy atom. The third kappa shape index (κ3) is 4.17. The highest BCUT2D eigenvalue weighted by atomic mass is 32.1. The topological polar surface area (TPSA) is 71.8 Å². The first-order valence-corrected chi connectivity index (χ1v) is 8.12. The standard InChI is InChI=1S/C16H17N5OS/c1-12(9-21-11-17-10-18-21)19-16(22)20-14-5-2-4-13(8-14)15-6-3-7-23-15/h2-8,10-12H,9H2,1H3,(H2,19,20,22)/t12-/m1/s1. The summed E-state index contributed by atoms with van der Waals surface area (Å²) in [6.07, 6.45) is 3.10. The largest absolute Gasteiger partial charge is 0.334 e. The van der Waals surface area contributed by atoms with Gasteiger partial charge in [0.2, 0.25) is 0 Å². The Morgan fingerprint density at radius 1 is 1.35 bits per heavy atom. The quantitative estimate of drug-likeness (QED) is 0.756. The second kappa shape index (κ2) is 7.06. The molecular weight excluding hydrogens is 310 g/mol. The molecule has 0 unspecified atom stereocenters. The van der Waals surface area contributed by atoms with Crippen LogP contribution >= 0.6 is 11.3 Å². The summed E-state index contributed by atoms with van der Waals surface area (Å²) in [6.45, 7) is 2.49. The van der Waals surface area contributed by atoms with Crippen LogP contribution in [0.3, 0.4) is 0 Å². The highest BCUT2D eigenvalue weighted by Gasteiger charge is 2.09. The van der Waals surface area contributed by atoms with E-state index >= 15 is 0 Å². The summed E-state index contributed by atoms with van der Waals surface area (Å²) in [7, 11) is 0. The number of benzene rings is 1. The van der Waals surface area contributed by atoms with Crippen molar-refractivity contribution in [2.24, 2.45) is 0 Å². The maximum atomic E-state index is 12.1. The molecule has 1 aromatic carbocycles. The summed E-state index contributed by atoms with van der Waals surface area (Å²) in [5.74, 6) is 0. The van der Waals surface area contributed by atoms with E-state index in [1.165, 1.54) is 11.2 Å². The molecule has 2 heterocycles. The third-order valence-electron chi connectivity index (χ3n) is 3.23. The Hall–Kier alpha value is -2.67. The van der Waals surface area contributed by atoms with Gasteiger partial charge in [-0.3, -0.25) is 4.68 Å². The van der Waals surface area contributed by atoms with Crippen LogP contribution < -0.4 is 10.6 Å². The molecule has 23 heavy (non-hydrogen) atoms. The number of nitrogens with zero attached hydrogens (tertiary/aromatic N) is 3. The van der Waals surface area contributed by atoms with Crippen molar-refractivity contribution >= 4 is 23.1 Å². The molecule has 3 aromatic rings. The lowest BCUT2D eigenvalue weighted by Crippen LogP contribution is -2.38. The van der Waals surface area contributed by atoms with Crippen LogP contribution in [0.25, 0.3) is 10.4 Å². The fourth-order valence-electron chi connectivity index (χ4n) is 2.24. The van der Waals surface area contributed by atoms with Crippen molar-refractivity contribution in [3.63, 3.8) is 0 Å². The summed E-state index contributed by atoms with van der Waals surface area (Å²) >= 11 is 1.67. The van der Waals surface area contributed by atoms with Gasteiger partial charge in [-0.25, -0.2) is 9.78 Å². The van der Waals surface area contributed by atoms with Crippen molar-refractivity contribution in [1.29, 1.82) is 0 Å². The van der Waals surface area contributed by atoms with Crippen LogP contribution in [-0.4, -0.2) is 26.8 Å². The Labute approximate surface area is 138 Å². The highest BCUT2D eigenvalue weighted by molar-refractivity contribution is 7.13. The van der Waals surface area contributed by atoms with Crippen LogP contribution in [0.2, 0.25) is 0 Å². The molecule has 0 spiro atoms. The van der Waals surface area contributed by atoms with Crippen molar-refractivity contribution in [3.05, 3.63) is 54.4 Å². The predicted molar refractivity (Wildman–Crippen MR) is 91.4 cm³/mol. The molecule has 0 aliphatic rings. The van der Waals surface area contributed by atoms with Crippen LogP contribution in [0.15, 0.2) is 54.4 Å². The maximum absolute atomic E-state index is 12.1. The molecule has 6 nitrogen and oxygen atoms in total. The predicted octanol–water partition coefficient (Wildman–Crippen LogP) is 3.22. The summed E-state index contributed by atoms with van der Waals surface area (Å²) < 4.78 is 1.68. The van der Waals surface area contributed by atoms with E-state index < -0.39 is 0 Å². The number of hydrogen-bond donors (Lipinski definition) is 2. The molecule has 0 fully saturated rings. The minimum absolute atomic E-state index is 0.0582. The number of nitrogens with one attached hydrogen (secondary N) is 2. The van der Waals surface area contributed by atoms with Gasteiger partial charge < -0.3 is 10.6 Å². The van der Waals surface area contributed by atoms with Crippen molar-refractivity contribution in [2.45, 2.75) is 19.5 Å². The molecule has 2 amide bonds. The van der Waals surface area contributed by atoms with E-state index in [-0.39, 0.29) is 12.1 Å². The first-order chi connectivity index (χ1) is 11.2. The van der Waals surface area contributed by atoms with Gasteiger partial charge in [-0.15, -0.1) is 11.3 Å². The summed E-state index contributed by atoms with van der Waals surface area (Å²) in [5.41, 5.74) is 1.86. The number of anilines is 1. The van der Waals surface area contributed by atoms with Gasteiger partial charge in [0.15, 0.2) is 0 Å². The fourth-order valence-corrected chi connectivity index (χ4v) is 2.96. The van der Waals surface area contributed by atoms with Gasteiger partial charge in [-0.2, -0.15) is 5.10 Å². The average Bonchev–Trinajstić information content (AvgIpc) is 3.20. The first kappa shape index (κ1) is 15.2. The number of urea groups is 1. The fraction of sp³-hybridized carbons (Fsp3) is 0.188. The van der Waals surface area contributed by atoms with Crippen molar-refractivity contribution in [1.82, 2.24) is 20.1 Å². The number of aromatic nitrogens is 3. The lowest BCUT2D eigenvalue weighted by atomic mass is 10.1. The van der Waals surface area contributed by atoms with E-state index in [4.69, 9.17) is 0 Å². The minimum atomic E-state index is -0.235. The van der Waals surface area contributed by atoms with Gasteiger partial charge in [-0.1, -0.05) is 18.2 Å². The number of thiophene rings is 1. The number of hydrogen-bond acceptors (Lipinski definition) is 4. The Morgan fingerprint density at radius 3 is 3.00 bits per heavy atom. The highest BCUT2D eigenvalue weighted by Crippen LogP contribution is 2.26. The molecule has 0 saturated heterocycles. The van der Waals surface area contributed by atoms with Crippen LogP contribution in [-0.2, 0) is 6.54 Å². The molecular formula is C16H17N5OS. The van der Waals surface area contributed by atoms with Crippen LogP contribution in [0.4, 0.5) is 10.5 Å². The molecule has 118 valence electrons. The van der Waals surface area contributed by atoms with Crippen molar-refractivity contribution in [2.75, 3.05) is 5.32 Å². The van der Waals surface area contributed by atoms with Gasteiger partial charge in [0.25, 0.3) is 0 Å². The van der Waals surface area contributed by atoms with Gasteiger partial charge in [0.1, 0.15) is 12.7 Å². The molecule has 7 heteroatoms. The van der Waals surface area contributed by atoms with E-state index in [0.29, 0.717) is 6.54 Å². The molecule has 2 aromatic heterocycles. The minimum Gasteiger partial charge on any atom is -0.334 e. The van der Waals surface area contributed by atoms with E-state index in [1.807, 2.05) is 42.6 Å². The molecule has 0 bridgehead atoms. The number of amides is 2. The zero-order valence-electron chi connectivity index (χ0n) is 12.6. The van der Waals surface area contributed by atoms with Crippen molar-refractivity contribution < 1.29 is 4.79 Å². The molecule has 0 aliphatic heterocycles. The second-order valence-corrected chi connectivity index (χ2v) is 6.12. The first-order valence-electron chi connectivity index (χ1n) is 7.24. The van der Waals surface area contributed by atoms with Crippen LogP contribution in [0.1, 0.15) is 6.92 Å². The number of carbonyl (C=O) groups excluding carboxylic acids is 1. The zero-order chi connectivity index (χ0) is 16.1. The molecule has 0 saturated carbocycles. The molecule has 2 N–H and O–H groups in total.